The van der Waals surface area contributed by atoms with Crippen molar-refractivity contribution in [3.05, 3.63) is 70.3 Å². The van der Waals surface area contributed by atoms with Gasteiger partial charge in [0.2, 0.25) is 0 Å². The summed E-state index contributed by atoms with van der Waals surface area (Å²) >= 11 is 3.47. The molecule has 1 atom stereocenters. The molecule has 1 aliphatic heterocycles. The second-order valence-electron chi connectivity index (χ2n) is 7.34. The van der Waals surface area contributed by atoms with Crippen LogP contribution >= 0.6 is 15.9 Å². The van der Waals surface area contributed by atoms with Gasteiger partial charge in [-0.15, -0.1) is 0 Å². The predicted octanol–water partition coefficient (Wildman–Crippen LogP) is 5.01. The number of hydrogen-bond acceptors (Lipinski definition) is 2. The van der Waals surface area contributed by atoms with E-state index >= 15 is 0 Å². The van der Waals surface area contributed by atoms with Gasteiger partial charge in [-0.1, -0.05) is 52.3 Å². The molecular formula is C22H23BrN2O2. The van der Waals surface area contributed by atoms with Gasteiger partial charge in [0.05, 0.1) is 0 Å². The highest BCUT2D eigenvalue weighted by atomic mass is 79.9. The van der Waals surface area contributed by atoms with Gasteiger partial charge in [-0.3, -0.25) is 9.69 Å². The molecule has 0 bridgehead atoms. The number of benzene rings is 2. The van der Waals surface area contributed by atoms with E-state index in [2.05, 4.69) is 50.1 Å². The zero-order chi connectivity index (χ0) is 18.8. The molecule has 2 N–H and O–H groups in total. The van der Waals surface area contributed by atoms with Crippen LogP contribution in [0.15, 0.2) is 59.2 Å². The number of H-pyrrole nitrogens is 1. The summed E-state index contributed by atoms with van der Waals surface area (Å²) in [6.45, 7) is 1.63. The molecule has 2 heterocycles. The Labute approximate surface area is 167 Å². The molecule has 0 saturated carbocycles. The third kappa shape index (κ3) is 3.94. The number of aliphatic carboxylic acids is 1. The maximum atomic E-state index is 12.1. The van der Waals surface area contributed by atoms with E-state index in [-0.39, 0.29) is 0 Å². The summed E-state index contributed by atoms with van der Waals surface area (Å²) in [5.74, 6) is -0.155. The number of nitrogens with one attached hydrogen (secondary N) is 1. The van der Waals surface area contributed by atoms with Crippen LogP contribution in [0, 0.1) is 5.92 Å². The number of aromatic amines is 1. The number of aromatic nitrogens is 1. The van der Waals surface area contributed by atoms with Crippen molar-refractivity contribution in [2.75, 3.05) is 13.1 Å². The molecule has 3 aromatic rings. The number of likely N-dealkylation sites (tertiary alicyclic amines) is 1. The lowest BCUT2D eigenvalue weighted by Gasteiger charge is -2.35. The van der Waals surface area contributed by atoms with E-state index in [1.54, 1.807) is 0 Å². The maximum absolute atomic E-state index is 12.1. The Bertz CT molecular complexity index is 930. The topological polar surface area (TPSA) is 56.3 Å². The minimum atomic E-state index is -0.777. The summed E-state index contributed by atoms with van der Waals surface area (Å²) in [4.78, 5) is 17.5. The van der Waals surface area contributed by atoms with Crippen LogP contribution in [0.1, 0.15) is 30.0 Å². The van der Waals surface area contributed by atoms with Crippen molar-refractivity contribution in [2.24, 2.45) is 5.92 Å². The van der Waals surface area contributed by atoms with Crippen molar-refractivity contribution in [3.63, 3.8) is 0 Å². The second kappa shape index (κ2) is 7.87. The van der Waals surface area contributed by atoms with Gasteiger partial charge < -0.3 is 10.1 Å². The lowest BCUT2D eigenvalue weighted by molar-refractivity contribution is -0.144. The molecule has 0 unspecified atom stereocenters. The molecule has 4 nitrogen and oxygen atoms in total. The van der Waals surface area contributed by atoms with E-state index in [4.69, 9.17) is 0 Å². The van der Waals surface area contributed by atoms with E-state index in [0.29, 0.717) is 5.92 Å². The van der Waals surface area contributed by atoms with Gasteiger partial charge >= 0.3 is 5.97 Å². The Morgan fingerprint density at radius 3 is 2.63 bits per heavy atom. The Morgan fingerprint density at radius 2 is 1.93 bits per heavy atom. The van der Waals surface area contributed by atoms with E-state index in [0.717, 1.165) is 53.3 Å². The highest BCUT2D eigenvalue weighted by Crippen LogP contribution is 2.33. The highest BCUT2D eigenvalue weighted by molar-refractivity contribution is 9.10. The normalized spacial score (nSPS) is 17.2. The van der Waals surface area contributed by atoms with Gasteiger partial charge in [0.1, 0.15) is 6.04 Å². The largest absolute Gasteiger partial charge is 0.480 e. The predicted molar refractivity (Wildman–Crippen MR) is 111 cm³/mol. The first kappa shape index (κ1) is 18.3. The minimum absolute atomic E-state index is 0.599. The Balaban J connectivity index is 1.49. The molecule has 1 saturated heterocycles. The Hall–Kier alpha value is -2.11. The first-order chi connectivity index (χ1) is 13.1. The lowest BCUT2D eigenvalue weighted by atomic mass is 9.89. The van der Waals surface area contributed by atoms with E-state index < -0.39 is 12.0 Å². The summed E-state index contributed by atoms with van der Waals surface area (Å²) in [6.07, 6.45) is 5.00. The third-order valence-corrected chi connectivity index (χ3v) is 6.08. The Kier molecular flexibility index (Phi) is 5.32. The molecule has 2 aromatic carbocycles. The van der Waals surface area contributed by atoms with E-state index in [1.165, 1.54) is 5.56 Å². The fraction of sp³-hybridized carbons (Fsp3) is 0.318. The van der Waals surface area contributed by atoms with Gasteiger partial charge in [0.15, 0.2) is 0 Å². The quantitative estimate of drug-likeness (QED) is 0.602. The number of halogens is 1. The SMILES string of the molecule is O=C(O)[C@H](c1c[nH]c2cc(Br)ccc12)N1CCC(Cc2ccccc2)CC1. The van der Waals surface area contributed by atoms with Gasteiger partial charge in [-0.25, -0.2) is 0 Å². The summed E-state index contributed by atoms with van der Waals surface area (Å²) in [7, 11) is 0. The monoisotopic (exact) mass is 426 g/mol. The first-order valence-electron chi connectivity index (χ1n) is 9.39. The number of carbonyl (C=O) groups is 1. The van der Waals surface area contributed by atoms with Crippen LogP contribution in [0.25, 0.3) is 10.9 Å². The summed E-state index contributed by atoms with van der Waals surface area (Å²) in [5.41, 5.74) is 3.18. The van der Waals surface area contributed by atoms with Gasteiger partial charge in [0.25, 0.3) is 0 Å². The van der Waals surface area contributed by atoms with Crippen molar-refractivity contribution in [2.45, 2.75) is 25.3 Å². The standard InChI is InChI=1S/C22H23BrN2O2/c23-17-6-7-18-19(14-24-20(18)13-17)21(22(26)27)25-10-8-16(9-11-25)12-15-4-2-1-3-5-15/h1-7,13-14,16,21,24H,8-12H2,(H,26,27)/t21-/m0/s1. The van der Waals surface area contributed by atoms with Crippen LogP contribution in [-0.4, -0.2) is 34.0 Å². The molecule has 0 spiro atoms. The average molecular weight is 427 g/mol. The zero-order valence-corrected chi connectivity index (χ0v) is 16.7. The molecule has 0 aliphatic carbocycles. The number of fused-ring (bicyclic) bond motifs is 1. The minimum Gasteiger partial charge on any atom is -0.480 e. The molecule has 0 amide bonds. The molecule has 1 aromatic heterocycles. The first-order valence-corrected chi connectivity index (χ1v) is 10.2. The molecular weight excluding hydrogens is 404 g/mol. The van der Waals surface area contributed by atoms with Gasteiger partial charge in [0, 0.05) is 27.1 Å². The van der Waals surface area contributed by atoms with Crippen molar-refractivity contribution in [1.29, 1.82) is 0 Å². The number of rotatable bonds is 5. The van der Waals surface area contributed by atoms with Crippen LogP contribution in [0.5, 0.6) is 0 Å². The zero-order valence-electron chi connectivity index (χ0n) is 15.1. The number of carboxylic acid groups (broad SMARTS) is 1. The molecule has 140 valence electrons. The number of nitrogens with zero attached hydrogens (tertiary/aromatic N) is 1. The Morgan fingerprint density at radius 1 is 1.19 bits per heavy atom. The average Bonchev–Trinajstić information content (AvgIpc) is 3.06. The van der Waals surface area contributed by atoms with Crippen molar-refractivity contribution >= 4 is 32.8 Å². The van der Waals surface area contributed by atoms with E-state index in [9.17, 15) is 9.90 Å². The molecule has 1 fully saturated rings. The number of piperidine rings is 1. The van der Waals surface area contributed by atoms with Crippen molar-refractivity contribution < 1.29 is 9.90 Å². The van der Waals surface area contributed by atoms with Crippen LogP contribution in [0.4, 0.5) is 0 Å². The van der Waals surface area contributed by atoms with Crippen LogP contribution in [0.2, 0.25) is 0 Å². The summed E-state index contributed by atoms with van der Waals surface area (Å²) in [5, 5.41) is 10.9. The van der Waals surface area contributed by atoms with Crippen LogP contribution < -0.4 is 0 Å². The maximum Gasteiger partial charge on any atom is 0.325 e. The third-order valence-electron chi connectivity index (χ3n) is 5.59. The number of carboxylic acids is 1. The molecule has 1 aliphatic rings. The fourth-order valence-corrected chi connectivity index (χ4v) is 4.56. The summed E-state index contributed by atoms with van der Waals surface area (Å²) < 4.78 is 0.983. The highest BCUT2D eigenvalue weighted by Gasteiger charge is 2.32. The van der Waals surface area contributed by atoms with E-state index in [1.807, 2.05) is 30.5 Å². The molecule has 0 radical (unpaired) electrons. The lowest BCUT2D eigenvalue weighted by Crippen LogP contribution is -2.40. The van der Waals surface area contributed by atoms with Crippen molar-refractivity contribution in [1.82, 2.24) is 9.88 Å². The van der Waals surface area contributed by atoms with Crippen LogP contribution in [0.3, 0.4) is 0 Å². The molecule has 27 heavy (non-hydrogen) atoms. The number of hydrogen-bond donors (Lipinski definition) is 2. The van der Waals surface area contributed by atoms with Gasteiger partial charge in [-0.05, 0) is 56.0 Å². The van der Waals surface area contributed by atoms with Crippen molar-refractivity contribution in [3.8, 4) is 0 Å². The van der Waals surface area contributed by atoms with Gasteiger partial charge in [-0.2, -0.15) is 0 Å². The van der Waals surface area contributed by atoms with Crippen LogP contribution in [-0.2, 0) is 11.2 Å². The fourth-order valence-electron chi connectivity index (χ4n) is 4.20. The smallest absolute Gasteiger partial charge is 0.325 e. The molecule has 5 heteroatoms. The second-order valence-corrected chi connectivity index (χ2v) is 8.26. The molecule has 4 rings (SSSR count). The summed E-state index contributed by atoms with van der Waals surface area (Å²) in [6, 6.07) is 15.9.